The molecule has 2 aromatic carbocycles. The molecule has 10 heteroatoms. The van der Waals surface area contributed by atoms with E-state index in [-0.39, 0.29) is 23.7 Å². The minimum absolute atomic E-state index is 0.0452. The number of hydrogen-bond acceptors (Lipinski definition) is 6. The third kappa shape index (κ3) is 4.61. The zero-order chi connectivity index (χ0) is 25.4. The highest BCUT2D eigenvalue weighted by Crippen LogP contribution is 2.31. The fourth-order valence-electron chi connectivity index (χ4n) is 4.61. The van der Waals surface area contributed by atoms with Crippen LogP contribution in [0.15, 0.2) is 76.5 Å². The maximum Gasteiger partial charge on any atom is 0.283 e. The molecule has 0 unspecified atom stereocenters. The highest BCUT2D eigenvalue weighted by Gasteiger charge is 2.36. The van der Waals surface area contributed by atoms with Crippen LogP contribution in [0.5, 0.6) is 0 Å². The summed E-state index contributed by atoms with van der Waals surface area (Å²) in [7, 11) is 0. The number of carbonyl (C=O) groups is 2. The fourth-order valence-corrected chi connectivity index (χ4v) is 5.49. The van der Waals surface area contributed by atoms with E-state index in [4.69, 9.17) is 10.1 Å². The zero-order valence-corrected chi connectivity index (χ0v) is 20.8. The predicted octanol–water partition coefficient (Wildman–Crippen LogP) is 3.56. The van der Waals surface area contributed by atoms with Crippen molar-refractivity contribution in [3.05, 3.63) is 77.5 Å². The number of ether oxygens (including phenoxy) is 1. The summed E-state index contributed by atoms with van der Waals surface area (Å²) >= 11 is 1.16. The van der Waals surface area contributed by atoms with E-state index in [1.807, 2.05) is 48.7 Å². The molecule has 0 atom stereocenters. The number of amides is 2. The van der Waals surface area contributed by atoms with Gasteiger partial charge in [-0.15, -0.1) is 0 Å². The molecule has 0 radical (unpaired) electrons. The number of hydrazone groups is 1. The third-order valence-corrected chi connectivity index (χ3v) is 7.39. The second kappa shape index (κ2) is 9.79. The lowest BCUT2D eigenvalue weighted by atomic mass is 10.1. The first-order valence-electron chi connectivity index (χ1n) is 12.0. The van der Waals surface area contributed by atoms with Crippen LogP contribution in [0.2, 0.25) is 0 Å². The average Bonchev–Trinajstić information content (AvgIpc) is 3.48. The van der Waals surface area contributed by atoms with Gasteiger partial charge in [0.2, 0.25) is 11.1 Å². The number of para-hydroxylation sites is 1. The van der Waals surface area contributed by atoms with E-state index in [0.717, 1.165) is 28.2 Å². The predicted molar refractivity (Wildman–Crippen MR) is 145 cm³/mol. The molecular formula is C27H24N6O3S. The Morgan fingerprint density at radius 2 is 1.84 bits per heavy atom. The van der Waals surface area contributed by atoms with Gasteiger partial charge in [-0.05, 0) is 29.5 Å². The number of fused-ring (bicyclic) bond motifs is 2. The van der Waals surface area contributed by atoms with Crippen molar-refractivity contribution in [1.29, 1.82) is 5.41 Å². The Hall–Kier alpha value is -4.02. The highest BCUT2D eigenvalue weighted by molar-refractivity contribution is 8.27. The third-order valence-electron chi connectivity index (χ3n) is 6.48. The van der Waals surface area contributed by atoms with Gasteiger partial charge < -0.3 is 14.2 Å². The number of hydrogen-bond donors (Lipinski definition) is 1. The zero-order valence-electron chi connectivity index (χ0n) is 20.0. The van der Waals surface area contributed by atoms with Crippen LogP contribution in [-0.4, -0.2) is 68.6 Å². The number of benzene rings is 2. The first-order chi connectivity index (χ1) is 18.1. The molecule has 1 N–H and O–H groups in total. The molecule has 0 spiro atoms. The minimum Gasteiger partial charge on any atom is -0.378 e. The first-order valence-corrected chi connectivity index (χ1v) is 12.8. The van der Waals surface area contributed by atoms with Gasteiger partial charge in [-0.1, -0.05) is 48.5 Å². The summed E-state index contributed by atoms with van der Waals surface area (Å²) in [4.78, 5) is 31.6. The van der Waals surface area contributed by atoms with E-state index in [2.05, 4.69) is 26.8 Å². The summed E-state index contributed by atoms with van der Waals surface area (Å²) < 4.78 is 7.45. The second-order valence-corrected chi connectivity index (χ2v) is 9.94. The summed E-state index contributed by atoms with van der Waals surface area (Å²) in [5, 5.41) is 16.4. The van der Waals surface area contributed by atoms with Crippen molar-refractivity contribution in [2.24, 2.45) is 10.1 Å². The van der Waals surface area contributed by atoms with Crippen LogP contribution >= 0.6 is 11.8 Å². The molecular weight excluding hydrogens is 488 g/mol. The van der Waals surface area contributed by atoms with Crippen molar-refractivity contribution in [3.8, 4) is 0 Å². The molecule has 1 aromatic heterocycles. The van der Waals surface area contributed by atoms with Gasteiger partial charge in [-0.25, -0.2) is 0 Å². The normalized spacial score (nSPS) is 18.9. The Labute approximate surface area is 217 Å². The summed E-state index contributed by atoms with van der Waals surface area (Å²) in [6.45, 7) is 2.85. The molecule has 3 aliphatic rings. The fraction of sp³-hybridized carbons (Fsp3) is 0.222. The molecule has 1 fully saturated rings. The van der Waals surface area contributed by atoms with Crippen LogP contribution < -0.4 is 0 Å². The van der Waals surface area contributed by atoms with Crippen LogP contribution in [0.1, 0.15) is 17.5 Å². The molecule has 4 heterocycles. The number of aliphatic imine (C=N–C) groups is 1. The van der Waals surface area contributed by atoms with Gasteiger partial charge in [-0.2, -0.15) is 15.1 Å². The lowest BCUT2D eigenvalue weighted by Gasteiger charge is -2.26. The Balaban J connectivity index is 1.27. The van der Waals surface area contributed by atoms with Crippen molar-refractivity contribution in [2.45, 2.75) is 13.0 Å². The Morgan fingerprint density at radius 1 is 1.08 bits per heavy atom. The summed E-state index contributed by atoms with van der Waals surface area (Å²) in [5.74, 6) is -0.578. The Kier molecular flexibility index (Phi) is 6.19. The van der Waals surface area contributed by atoms with Gasteiger partial charge in [0, 0.05) is 42.3 Å². The molecule has 3 aromatic rings. The number of amidine groups is 2. The minimum atomic E-state index is -0.486. The topological polar surface area (TPSA) is 103 Å². The number of carbonyl (C=O) groups excluding carboxylic acids is 2. The van der Waals surface area contributed by atoms with E-state index in [9.17, 15) is 9.59 Å². The van der Waals surface area contributed by atoms with Gasteiger partial charge in [0.15, 0.2) is 5.84 Å². The number of aromatic nitrogens is 1. The van der Waals surface area contributed by atoms with Crippen LogP contribution in [0, 0.1) is 5.41 Å². The molecule has 0 aliphatic carbocycles. The lowest BCUT2D eigenvalue weighted by molar-refractivity contribution is -0.133. The van der Waals surface area contributed by atoms with Gasteiger partial charge >= 0.3 is 0 Å². The van der Waals surface area contributed by atoms with Crippen LogP contribution in [0.3, 0.4) is 0 Å². The molecule has 0 bridgehead atoms. The monoisotopic (exact) mass is 512 g/mol. The maximum atomic E-state index is 13.0. The van der Waals surface area contributed by atoms with Crippen molar-refractivity contribution < 1.29 is 14.3 Å². The first kappa shape index (κ1) is 23.4. The van der Waals surface area contributed by atoms with Crippen molar-refractivity contribution in [3.63, 3.8) is 0 Å². The number of morpholine rings is 1. The summed E-state index contributed by atoms with van der Waals surface area (Å²) in [5.41, 5.74) is 3.20. The van der Waals surface area contributed by atoms with E-state index in [1.165, 1.54) is 10.6 Å². The SMILES string of the molecule is N=C1/C(=C\c2cn(Cc3ccccc3)c3ccccc23)C(=O)N=C2SC(CC(=O)N3CCOCC3)=NN12. The quantitative estimate of drug-likeness (QED) is 0.527. The molecule has 2 amide bonds. The van der Waals surface area contributed by atoms with Crippen LogP contribution in [0.4, 0.5) is 0 Å². The number of nitrogens with one attached hydrogen (secondary N) is 1. The van der Waals surface area contributed by atoms with E-state index >= 15 is 0 Å². The Bertz CT molecular complexity index is 1500. The van der Waals surface area contributed by atoms with Gasteiger partial charge in [0.1, 0.15) is 5.04 Å². The van der Waals surface area contributed by atoms with Gasteiger partial charge in [-0.3, -0.25) is 15.0 Å². The van der Waals surface area contributed by atoms with E-state index in [0.29, 0.717) is 43.1 Å². The second-order valence-electron chi connectivity index (χ2n) is 8.90. The summed E-state index contributed by atoms with van der Waals surface area (Å²) in [6, 6.07) is 18.2. The molecule has 0 saturated carbocycles. The van der Waals surface area contributed by atoms with E-state index in [1.54, 1.807) is 11.0 Å². The number of rotatable bonds is 5. The van der Waals surface area contributed by atoms with E-state index < -0.39 is 5.91 Å². The molecule has 6 rings (SSSR count). The van der Waals surface area contributed by atoms with Crippen molar-refractivity contribution in [1.82, 2.24) is 14.5 Å². The maximum absolute atomic E-state index is 13.0. The smallest absolute Gasteiger partial charge is 0.283 e. The standard InChI is InChI=1S/C27H24N6O3S/c28-25-21(14-19-17-32(16-18-6-2-1-3-7-18)22-9-5-4-8-20(19)22)26(35)29-27-33(25)30-23(37-27)15-24(34)31-10-12-36-13-11-31/h1-9,14,17,28H,10-13,15-16H2/b21-14+,28-25?. The molecule has 9 nitrogen and oxygen atoms in total. The summed E-state index contributed by atoms with van der Waals surface area (Å²) in [6.07, 6.45) is 3.82. The lowest BCUT2D eigenvalue weighted by Crippen LogP contribution is -2.41. The number of nitrogens with zero attached hydrogens (tertiary/aromatic N) is 5. The highest BCUT2D eigenvalue weighted by atomic mass is 32.2. The van der Waals surface area contributed by atoms with Gasteiger partial charge in [0.05, 0.1) is 25.2 Å². The van der Waals surface area contributed by atoms with Crippen molar-refractivity contribution in [2.75, 3.05) is 26.3 Å². The van der Waals surface area contributed by atoms with Crippen LogP contribution in [-0.2, 0) is 20.9 Å². The molecule has 1 saturated heterocycles. The average molecular weight is 513 g/mol. The van der Waals surface area contributed by atoms with Crippen molar-refractivity contribution >= 4 is 56.6 Å². The van der Waals surface area contributed by atoms with Gasteiger partial charge in [0.25, 0.3) is 5.91 Å². The van der Waals surface area contributed by atoms with Crippen LogP contribution in [0.25, 0.3) is 17.0 Å². The number of thioether (sulfide) groups is 1. The molecule has 3 aliphatic heterocycles. The largest absolute Gasteiger partial charge is 0.378 e. The molecule has 37 heavy (non-hydrogen) atoms. The molecule has 186 valence electrons. The Morgan fingerprint density at radius 3 is 2.65 bits per heavy atom.